The van der Waals surface area contributed by atoms with Crippen molar-refractivity contribution in [1.82, 2.24) is 10.3 Å². The number of aromatic nitrogens is 1. The van der Waals surface area contributed by atoms with Gasteiger partial charge < -0.3 is 10.6 Å². The number of carbonyl (C=O) groups excluding carboxylic acids is 1. The van der Waals surface area contributed by atoms with E-state index in [9.17, 15) is 9.18 Å². The van der Waals surface area contributed by atoms with Crippen molar-refractivity contribution in [2.45, 2.75) is 19.5 Å². The van der Waals surface area contributed by atoms with Crippen molar-refractivity contribution >= 4 is 17.7 Å². The molecule has 0 spiro atoms. The van der Waals surface area contributed by atoms with Crippen molar-refractivity contribution in [3.63, 3.8) is 0 Å². The van der Waals surface area contributed by atoms with Gasteiger partial charge in [0.2, 0.25) is 5.91 Å². The number of anilines is 1. The van der Waals surface area contributed by atoms with Crippen LogP contribution in [0.15, 0.2) is 79.1 Å². The van der Waals surface area contributed by atoms with Crippen LogP contribution in [0.3, 0.4) is 0 Å². The van der Waals surface area contributed by atoms with Crippen LogP contribution in [-0.2, 0) is 11.3 Å². The molecule has 0 aliphatic carbocycles. The van der Waals surface area contributed by atoms with E-state index >= 15 is 0 Å². The fourth-order valence-corrected chi connectivity index (χ4v) is 2.75. The predicted molar refractivity (Wildman–Crippen MR) is 110 cm³/mol. The van der Waals surface area contributed by atoms with E-state index in [-0.39, 0.29) is 17.8 Å². The molecule has 0 aliphatic rings. The van der Waals surface area contributed by atoms with Crippen LogP contribution in [0, 0.1) is 5.82 Å². The van der Waals surface area contributed by atoms with Gasteiger partial charge in [0.05, 0.1) is 6.04 Å². The van der Waals surface area contributed by atoms with E-state index in [0.717, 1.165) is 16.8 Å². The third-order valence-corrected chi connectivity index (χ3v) is 4.28. The third kappa shape index (κ3) is 5.51. The molecule has 28 heavy (non-hydrogen) atoms. The van der Waals surface area contributed by atoms with Crippen molar-refractivity contribution in [2.75, 3.05) is 5.32 Å². The highest BCUT2D eigenvalue weighted by molar-refractivity contribution is 5.92. The van der Waals surface area contributed by atoms with Crippen molar-refractivity contribution in [3.8, 4) is 0 Å². The Bertz CT molecular complexity index is 957. The van der Waals surface area contributed by atoms with Gasteiger partial charge in [0.25, 0.3) is 0 Å². The molecule has 0 saturated carbocycles. The summed E-state index contributed by atoms with van der Waals surface area (Å²) in [6.45, 7) is 2.58. The standard InChI is InChI=1S/C23H22FN3O/c1-17(27-23(28)12-11-19-7-2-3-10-22(19)24)20-8-4-9-21(14-20)26-16-18-6-5-13-25-15-18/h2-15,17,26H,16H2,1H3,(H,27,28)/t17-/m0/s1. The van der Waals surface area contributed by atoms with Gasteiger partial charge in [-0.1, -0.05) is 36.4 Å². The zero-order valence-corrected chi connectivity index (χ0v) is 15.6. The maximum absolute atomic E-state index is 13.6. The van der Waals surface area contributed by atoms with E-state index in [1.807, 2.05) is 49.5 Å². The molecular weight excluding hydrogens is 353 g/mol. The minimum absolute atomic E-state index is 0.182. The van der Waals surface area contributed by atoms with E-state index in [1.54, 1.807) is 24.4 Å². The number of pyridine rings is 1. The van der Waals surface area contributed by atoms with Crippen LogP contribution in [0.1, 0.15) is 29.7 Å². The molecule has 0 unspecified atom stereocenters. The first kappa shape index (κ1) is 19.3. The highest BCUT2D eigenvalue weighted by Gasteiger charge is 2.08. The number of benzene rings is 2. The summed E-state index contributed by atoms with van der Waals surface area (Å²) in [5.41, 5.74) is 3.41. The first-order valence-electron chi connectivity index (χ1n) is 9.07. The molecular formula is C23H22FN3O. The number of nitrogens with zero attached hydrogens (tertiary/aromatic N) is 1. The van der Waals surface area contributed by atoms with Crippen LogP contribution in [-0.4, -0.2) is 10.9 Å². The van der Waals surface area contributed by atoms with Crippen LogP contribution >= 0.6 is 0 Å². The average molecular weight is 375 g/mol. The molecule has 0 fully saturated rings. The summed E-state index contributed by atoms with van der Waals surface area (Å²) < 4.78 is 13.6. The zero-order chi connectivity index (χ0) is 19.8. The van der Waals surface area contributed by atoms with E-state index in [4.69, 9.17) is 0 Å². The number of halogens is 1. The molecule has 0 aliphatic heterocycles. The van der Waals surface area contributed by atoms with Gasteiger partial charge in [0.15, 0.2) is 0 Å². The second-order valence-corrected chi connectivity index (χ2v) is 6.43. The maximum Gasteiger partial charge on any atom is 0.244 e. The van der Waals surface area contributed by atoms with Crippen molar-refractivity contribution in [3.05, 3.63) is 102 Å². The lowest BCUT2D eigenvalue weighted by Crippen LogP contribution is -2.24. The number of hydrogen-bond donors (Lipinski definition) is 2. The summed E-state index contributed by atoms with van der Waals surface area (Å²) in [7, 11) is 0. The molecule has 1 amide bonds. The summed E-state index contributed by atoms with van der Waals surface area (Å²) in [4.78, 5) is 16.3. The molecule has 1 aromatic heterocycles. The highest BCUT2D eigenvalue weighted by atomic mass is 19.1. The van der Waals surface area contributed by atoms with Gasteiger partial charge in [0, 0.05) is 36.3 Å². The molecule has 1 atom stereocenters. The van der Waals surface area contributed by atoms with Gasteiger partial charge in [-0.15, -0.1) is 0 Å². The Morgan fingerprint density at radius 2 is 2.00 bits per heavy atom. The SMILES string of the molecule is C[C@H](NC(=O)C=Cc1ccccc1F)c1cccc(NCc2cccnc2)c1. The molecule has 2 N–H and O–H groups in total. The molecule has 0 bridgehead atoms. The normalized spacial score (nSPS) is 11.9. The van der Waals surface area contributed by atoms with Crippen molar-refractivity contribution in [1.29, 1.82) is 0 Å². The number of amides is 1. The molecule has 142 valence electrons. The van der Waals surface area contributed by atoms with Crippen LogP contribution < -0.4 is 10.6 Å². The second-order valence-electron chi connectivity index (χ2n) is 6.43. The average Bonchev–Trinajstić information content (AvgIpc) is 2.72. The summed E-state index contributed by atoms with van der Waals surface area (Å²) in [5, 5.41) is 6.25. The van der Waals surface area contributed by atoms with Crippen molar-refractivity contribution in [2.24, 2.45) is 0 Å². The topological polar surface area (TPSA) is 54.0 Å². The minimum atomic E-state index is -0.355. The summed E-state index contributed by atoms with van der Waals surface area (Å²) in [6.07, 6.45) is 6.39. The Hall–Kier alpha value is -3.47. The Morgan fingerprint density at radius 3 is 2.79 bits per heavy atom. The Kier molecular flexibility index (Phi) is 6.52. The van der Waals surface area contributed by atoms with E-state index in [1.165, 1.54) is 18.2 Å². The van der Waals surface area contributed by atoms with Crippen LogP contribution in [0.25, 0.3) is 6.08 Å². The molecule has 3 rings (SSSR count). The van der Waals surface area contributed by atoms with E-state index in [2.05, 4.69) is 15.6 Å². The number of hydrogen-bond acceptors (Lipinski definition) is 3. The Labute approximate surface area is 164 Å². The second kappa shape index (κ2) is 9.46. The molecule has 4 nitrogen and oxygen atoms in total. The number of rotatable bonds is 7. The first-order valence-corrected chi connectivity index (χ1v) is 9.07. The van der Waals surface area contributed by atoms with Crippen molar-refractivity contribution < 1.29 is 9.18 Å². The lowest BCUT2D eigenvalue weighted by atomic mass is 10.1. The van der Waals surface area contributed by atoms with Gasteiger partial charge in [-0.25, -0.2) is 4.39 Å². The van der Waals surface area contributed by atoms with Gasteiger partial charge in [-0.2, -0.15) is 0 Å². The van der Waals surface area contributed by atoms with Crippen LogP contribution in [0.2, 0.25) is 0 Å². The van der Waals surface area contributed by atoms with Crippen LogP contribution in [0.5, 0.6) is 0 Å². The minimum Gasteiger partial charge on any atom is -0.381 e. The maximum atomic E-state index is 13.6. The smallest absolute Gasteiger partial charge is 0.244 e. The van der Waals surface area contributed by atoms with Gasteiger partial charge in [-0.3, -0.25) is 9.78 Å². The zero-order valence-electron chi connectivity index (χ0n) is 15.6. The summed E-state index contributed by atoms with van der Waals surface area (Å²) in [6, 6.07) is 17.9. The fourth-order valence-electron chi connectivity index (χ4n) is 2.75. The van der Waals surface area contributed by atoms with Gasteiger partial charge >= 0.3 is 0 Å². The fraction of sp³-hybridized carbons (Fsp3) is 0.130. The highest BCUT2D eigenvalue weighted by Crippen LogP contribution is 2.18. The predicted octanol–water partition coefficient (Wildman–Crippen LogP) is 4.72. The molecule has 3 aromatic rings. The molecule has 0 radical (unpaired) electrons. The summed E-state index contributed by atoms with van der Waals surface area (Å²) in [5.74, 6) is -0.628. The monoisotopic (exact) mass is 375 g/mol. The Morgan fingerprint density at radius 1 is 1.14 bits per heavy atom. The Balaban J connectivity index is 1.58. The molecule has 2 aromatic carbocycles. The van der Waals surface area contributed by atoms with Crippen LogP contribution in [0.4, 0.5) is 10.1 Å². The van der Waals surface area contributed by atoms with E-state index < -0.39 is 0 Å². The molecule has 5 heteroatoms. The molecule has 1 heterocycles. The largest absolute Gasteiger partial charge is 0.381 e. The van der Waals surface area contributed by atoms with E-state index in [0.29, 0.717) is 12.1 Å². The first-order chi connectivity index (χ1) is 13.6. The van der Waals surface area contributed by atoms with Gasteiger partial charge in [-0.05, 0) is 48.4 Å². The lowest BCUT2D eigenvalue weighted by Gasteiger charge is -2.15. The lowest BCUT2D eigenvalue weighted by molar-refractivity contribution is -0.117. The summed E-state index contributed by atoms with van der Waals surface area (Å²) >= 11 is 0. The quantitative estimate of drug-likeness (QED) is 0.588. The third-order valence-electron chi connectivity index (χ3n) is 4.28. The molecule has 0 saturated heterocycles. The number of nitrogens with one attached hydrogen (secondary N) is 2. The number of carbonyl (C=O) groups is 1. The van der Waals surface area contributed by atoms with Gasteiger partial charge in [0.1, 0.15) is 5.82 Å².